The highest BCUT2D eigenvalue weighted by Gasteiger charge is 2.26. The van der Waals surface area contributed by atoms with E-state index in [1.165, 1.54) is 11.1 Å². The minimum absolute atomic E-state index is 0.145. The summed E-state index contributed by atoms with van der Waals surface area (Å²) in [5, 5.41) is 0. The van der Waals surface area contributed by atoms with Crippen molar-refractivity contribution in [3.05, 3.63) is 59.2 Å². The molecule has 0 fully saturated rings. The average molecular weight is 299 g/mol. The highest BCUT2D eigenvalue weighted by Crippen LogP contribution is 2.34. The van der Waals surface area contributed by atoms with Crippen LogP contribution < -0.4 is 15.2 Å². The summed E-state index contributed by atoms with van der Waals surface area (Å²) < 4.78 is 10.7. The summed E-state index contributed by atoms with van der Waals surface area (Å²) in [6, 6.07) is 14.6. The van der Waals surface area contributed by atoms with Crippen molar-refractivity contribution >= 4 is 0 Å². The maximum absolute atomic E-state index is 6.11. The van der Waals surface area contributed by atoms with Crippen LogP contribution in [0.15, 0.2) is 42.5 Å². The van der Waals surface area contributed by atoms with E-state index in [0.29, 0.717) is 6.54 Å². The Morgan fingerprint density at radius 2 is 1.73 bits per heavy atom. The zero-order chi connectivity index (χ0) is 16.2. The van der Waals surface area contributed by atoms with E-state index in [4.69, 9.17) is 15.2 Å². The molecule has 2 aromatic rings. The quantitative estimate of drug-likeness (QED) is 0.888. The molecule has 1 unspecified atom stereocenters. The lowest BCUT2D eigenvalue weighted by molar-refractivity contribution is 0.352. The lowest BCUT2D eigenvalue weighted by atomic mass is 9.77. The summed E-state index contributed by atoms with van der Waals surface area (Å²) in [6.07, 6.45) is 0.890. The van der Waals surface area contributed by atoms with Crippen molar-refractivity contribution in [2.75, 3.05) is 20.8 Å². The SMILES string of the molecule is COc1ccc(C(C)(CN)Cc2cccc(C)c2)cc1OC. The third-order valence-electron chi connectivity index (χ3n) is 4.21. The van der Waals surface area contributed by atoms with Crippen molar-refractivity contribution in [3.8, 4) is 11.5 Å². The fourth-order valence-electron chi connectivity index (χ4n) is 2.78. The first-order valence-corrected chi connectivity index (χ1v) is 7.50. The molecule has 2 rings (SSSR count). The Labute approximate surface area is 133 Å². The molecule has 22 heavy (non-hydrogen) atoms. The molecule has 0 aliphatic rings. The number of methoxy groups -OCH3 is 2. The molecule has 0 radical (unpaired) electrons. The van der Waals surface area contributed by atoms with Crippen LogP contribution in [-0.2, 0) is 11.8 Å². The minimum Gasteiger partial charge on any atom is -0.493 e. The topological polar surface area (TPSA) is 44.5 Å². The van der Waals surface area contributed by atoms with Gasteiger partial charge < -0.3 is 15.2 Å². The van der Waals surface area contributed by atoms with Crippen LogP contribution in [0.25, 0.3) is 0 Å². The van der Waals surface area contributed by atoms with Gasteiger partial charge in [0.25, 0.3) is 0 Å². The first-order chi connectivity index (χ1) is 10.5. The number of benzene rings is 2. The predicted molar refractivity (Wildman–Crippen MR) is 90.8 cm³/mol. The molecule has 2 aromatic carbocycles. The van der Waals surface area contributed by atoms with Crippen molar-refractivity contribution in [2.45, 2.75) is 25.7 Å². The maximum atomic E-state index is 6.11. The largest absolute Gasteiger partial charge is 0.493 e. The zero-order valence-corrected chi connectivity index (χ0v) is 13.8. The van der Waals surface area contributed by atoms with Gasteiger partial charge in [-0.1, -0.05) is 42.8 Å². The molecule has 0 aliphatic carbocycles. The number of aryl methyl sites for hydroxylation is 1. The number of hydrogen-bond donors (Lipinski definition) is 1. The van der Waals surface area contributed by atoms with Crippen LogP contribution in [0, 0.1) is 6.92 Å². The van der Waals surface area contributed by atoms with Gasteiger partial charge in [-0.2, -0.15) is 0 Å². The summed E-state index contributed by atoms with van der Waals surface area (Å²) in [6.45, 7) is 4.87. The lowest BCUT2D eigenvalue weighted by Crippen LogP contribution is -2.34. The van der Waals surface area contributed by atoms with Crippen LogP contribution in [0.1, 0.15) is 23.6 Å². The Morgan fingerprint density at radius 3 is 2.32 bits per heavy atom. The number of rotatable bonds is 6. The van der Waals surface area contributed by atoms with Crippen molar-refractivity contribution < 1.29 is 9.47 Å². The standard InChI is InChI=1S/C19H25NO2/c1-14-6-5-7-15(10-14)12-19(2,13-20)16-8-9-17(21-3)18(11-16)22-4/h5-11H,12-13,20H2,1-4H3. The second-order valence-corrected chi connectivity index (χ2v) is 6.00. The molecule has 118 valence electrons. The third kappa shape index (κ3) is 3.42. The van der Waals surface area contributed by atoms with Crippen molar-refractivity contribution in [3.63, 3.8) is 0 Å². The summed E-state index contributed by atoms with van der Waals surface area (Å²) >= 11 is 0. The summed E-state index contributed by atoms with van der Waals surface area (Å²) in [4.78, 5) is 0. The molecule has 1 atom stereocenters. The fourth-order valence-corrected chi connectivity index (χ4v) is 2.78. The van der Waals surface area contributed by atoms with E-state index < -0.39 is 0 Å². The van der Waals surface area contributed by atoms with E-state index in [9.17, 15) is 0 Å². The molecule has 0 aromatic heterocycles. The maximum Gasteiger partial charge on any atom is 0.161 e. The summed E-state index contributed by atoms with van der Waals surface area (Å²) in [5.74, 6) is 1.48. The first kappa shape index (κ1) is 16.4. The normalized spacial score (nSPS) is 13.5. The average Bonchev–Trinajstić information content (AvgIpc) is 2.54. The summed E-state index contributed by atoms with van der Waals surface area (Å²) in [5.41, 5.74) is 9.69. The Balaban J connectivity index is 2.37. The monoisotopic (exact) mass is 299 g/mol. The van der Waals surface area contributed by atoms with Crippen molar-refractivity contribution in [1.29, 1.82) is 0 Å². The highest BCUT2D eigenvalue weighted by molar-refractivity contribution is 5.45. The van der Waals surface area contributed by atoms with Gasteiger partial charge in [0, 0.05) is 12.0 Å². The number of hydrogen-bond acceptors (Lipinski definition) is 3. The van der Waals surface area contributed by atoms with Crippen molar-refractivity contribution in [1.82, 2.24) is 0 Å². The van der Waals surface area contributed by atoms with Gasteiger partial charge in [-0.05, 0) is 36.6 Å². The Morgan fingerprint density at radius 1 is 1.00 bits per heavy atom. The van der Waals surface area contributed by atoms with E-state index in [0.717, 1.165) is 23.5 Å². The lowest BCUT2D eigenvalue weighted by Gasteiger charge is -2.29. The van der Waals surface area contributed by atoms with E-state index in [-0.39, 0.29) is 5.41 Å². The smallest absolute Gasteiger partial charge is 0.161 e. The molecular weight excluding hydrogens is 274 g/mol. The van der Waals surface area contributed by atoms with E-state index in [2.05, 4.69) is 44.2 Å². The predicted octanol–water partition coefficient (Wildman–Crippen LogP) is 3.47. The second kappa shape index (κ2) is 6.84. The number of nitrogens with two attached hydrogens (primary N) is 1. The molecular formula is C19H25NO2. The van der Waals surface area contributed by atoms with Gasteiger partial charge in [-0.25, -0.2) is 0 Å². The molecule has 3 nitrogen and oxygen atoms in total. The second-order valence-electron chi connectivity index (χ2n) is 6.00. The van der Waals surface area contributed by atoms with Gasteiger partial charge in [0.05, 0.1) is 14.2 Å². The van der Waals surface area contributed by atoms with Crippen LogP contribution in [0.5, 0.6) is 11.5 Å². The van der Waals surface area contributed by atoms with E-state index in [1.807, 2.05) is 12.1 Å². The van der Waals surface area contributed by atoms with Crippen LogP contribution >= 0.6 is 0 Å². The van der Waals surface area contributed by atoms with Gasteiger partial charge in [0.2, 0.25) is 0 Å². The first-order valence-electron chi connectivity index (χ1n) is 7.50. The van der Waals surface area contributed by atoms with E-state index >= 15 is 0 Å². The molecule has 0 saturated carbocycles. The number of ether oxygens (including phenoxy) is 2. The molecule has 3 heteroatoms. The Bertz CT molecular complexity index is 639. The van der Waals surface area contributed by atoms with Crippen LogP contribution in [-0.4, -0.2) is 20.8 Å². The van der Waals surface area contributed by atoms with Gasteiger partial charge in [-0.3, -0.25) is 0 Å². The molecule has 0 bridgehead atoms. The molecule has 0 amide bonds. The van der Waals surface area contributed by atoms with Gasteiger partial charge in [0.1, 0.15) is 0 Å². The van der Waals surface area contributed by atoms with Gasteiger partial charge >= 0.3 is 0 Å². The summed E-state index contributed by atoms with van der Waals surface area (Å²) in [7, 11) is 3.30. The Kier molecular flexibility index (Phi) is 5.09. The van der Waals surface area contributed by atoms with Gasteiger partial charge in [-0.15, -0.1) is 0 Å². The fraction of sp³-hybridized carbons (Fsp3) is 0.368. The van der Waals surface area contributed by atoms with Gasteiger partial charge in [0.15, 0.2) is 11.5 Å². The highest BCUT2D eigenvalue weighted by atomic mass is 16.5. The van der Waals surface area contributed by atoms with E-state index in [1.54, 1.807) is 14.2 Å². The van der Waals surface area contributed by atoms with Crippen LogP contribution in [0.4, 0.5) is 0 Å². The van der Waals surface area contributed by atoms with Crippen LogP contribution in [0.2, 0.25) is 0 Å². The van der Waals surface area contributed by atoms with Crippen LogP contribution in [0.3, 0.4) is 0 Å². The molecule has 0 spiro atoms. The molecule has 2 N–H and O–H groups in total. The minimum atomic E-state index is -0.145. The Hall–Kier alpha value is -2.00. The molecule has 0 aliphatic heterocycles. The van der Waals surface area contributed by atoms with Crippen molar-refractivity contribution in [2.24, 2.45) is 5.73 Å². The molecule has 0 saturated heterocycles. The molecule has 0 heterocycles. The third-order valence-corrected chi connectivity index (χ3v) is 4.21. The zero-order valence-electron chi connectivity index (χ0n) is 13.8.